The molecule has 2 atom stereocenters. The Morgan fingerprint density at radius 2 is 1.56 bits per heavy atom. The maximum absolute atomic E-state index is 2.51. The summed E-state index contributed by atoms with van der Waals surface area (Å²) < 4.78 is 0. The summed E-state index contributed by atoms with van der Waals surface area (Å²) >= 11 is 2.06. The summed E-state index contributed by atoms with van der Waals surface area (Å²) in [4.78, 5) is 1.52. The van der Waals surface area contributed by atoms with Crippen LogP contribution in [0.4, 0.5) is 0 Å². The van der Waals surface area contributed by atoms with E-state index in [9.17, 15) is 0 Å². The average molecular weight is 381 g/mol. The largest absolute Gasteiger partial charge is 0.125 e. The molecule has 0 nitrogen and oxygen atoms in total. The lowest BCUT2D eigenvalue weighted by Gasteiger charge is -2.43. The summed E-state index contributed by atoms with van der Waals surface area (Å²) in [7, 11) is 0. The fourth-order valence-corrected chi connectivity index (χ4v) is 6.02. The average Bonchev–Trinajstić information content (AvgIpc) is 2.66. The van der Waals surface area contributed by atoms with Crippen LogP contribution in [0.25, 0.3) is 0 Å². The van der Waals surface area contributed by atoms with Gasteiger partial charge in [-0.3, -0.25) is 0 Å². The van der Waals surface area contributed by atoms with Crippen LogP contribution in [0.15, 0.2) is 47.4 Å². The van der Waals surface area contributed by atoms with Gasteiger partial charge >= 0.3 is 0 Å². The van der Waals surface area contributed by atoms with Gasteiger partial charge in [0.05, 0.1) is 0 Å². The van der Waals surface area contributed by atoms with Crippen molar-refractivity contribution in [3.63, 3.8) is 0 Å². The highest BCUT2D eigenvalue weighted by atomic mass is 32.2. The molecule has 0 aliphatic carbocycles. The first-order chi connectivity index (χ1) is 13.0. The quantitative estimate of drug-likeness (QED) is 0.416. The number of aryl methyl sites for hydroxylation is 2. The van der Waals surface area contributed by atoms with Crippen LogP contribution in [-0.2, 0) is 5.41 Å². The molecule has 0 N–H and O–H groups in total. The van der Waals surface area contributed by atoms with E-state index in [1.54, 1.807) is 5.56 Å². The van der Waals surface area contributed by atoms with Crippen molar-refractivity contribution in [1.82, 2.24) is 0 Å². The lowest BCUT2D eigenvalue weighted by molar-refractivity contribution is 0.372. The second-order valence-corrected chi connectivity index (χ2v) is 9.74. The molecule has 27 heavy (non-hydrogen) atoms. The Bertz CT molecular complexity index is 730. The monoisotopic (exact) mass is 380 g/mol. The van der Waals surface area contributed by atoms with Crippen molar-refractivity contribution in [2.45, 2.75) is 88.9 Å². The van der Waals surface area contributed by atoms with Crippen molar-refractivity contribution in [2.75, 3.05) is 5.75 Å². The third-order valence-electron chi connectivity index (χ3n) is 6.40. The third-order valence-corrected chi connectivity index (χ3v) is 7.81. The molecule has 0 saturated carbocycles. The predicted octanol–water partition coefficient (Wildman–Crippen LogP) is 8.20. The Balaban J connectivity index is 1.83. The Kier molecular flexibility index (Phi) is 7.09. The number of rotatable bonds is 8. The second kappa shape index (κ2) is 9.32. The van der Waals surface area contributed by atoms with E-state index >= 15 is 0 Å². The molecule has 0 aromatic heterocycles. The second-order valence-electron chi connectivity index (χ2n) is 8.72. The molecule has 0 saturated heterocycles. The van der Waals surface area contributed by atoms with Gasteiger partial charge in [-0.1, -0.05) is 99.9 Å². The zero-order chi connectivity index (χ0) is 19.3. The van der Waals surface area contributed by atoms with Gasteiger partial charge in [0.1, 0.15) is 0 Å². The minimum absolute atomic E-state index is 0.226. The fraction of sp³-hybridized carbons (Fsp3) is 0.538. The first-order valence-electron chi connectivity index (χ1n) is 10.8. The standard InChI is InChI=1S/C26H36S/c1-5-6-7-8-9-10-11-24-23-17-14-21(3)18-25(23)27-19-26(24,4)22-15-12-20(2)13-16-22/h12-18,24H,5-11,19H2,1-4H3. The van der Waals surface area contributed by atoms with E-state index < -0.39 is 0 Å². The highest BCUT2D eigenvalue weighted by Crippen LogP contribution is 2.52. The lowest BCUT2D eigenvalue weighted by Crippen LogP contribution is -2.36. The van der Waals surface area contributed by atoms with E-state index in [0.29, 0.717) is 5.92 Å². The molecule has 1 heterocycles. The molecule has 0 spiro atoms. The molecule has 0 fully saturated rings. The van der Waals surface area contributed by atoms with Gasteiger partial charge in [0, 0.05) is 16.1 Å². The normalized spacial score (nSPS) is 21.9. The van der Waals surface area contributed by atoms with E-state index in [1.165, 1.54) is 72.3 Å². The van der Waals surface area contributed by atoms with E-state index in [-0.39, 0.29) is 5.41 Å². The van der Waals surface area contributed by atoms with Crippen molar-refractivity contribution in [3.05, 3.63) is 64.7 Å². The van der Waals surface area contributed by atoms with Gasteiger partial charge in [-0.15, -0.1) is 11.8 Å². The van der Waals surface area contributed by atoms with E-state index in [2.05, 4.69) is 81.9 Å². The van der Waals surface area contributed by atoms with E-state index in [4.69, 9.17) is 0 Å². The number of thioether (sulfide) groups is 1. The summed E-state index contributed by atoms with van der Waals surface area (Å²) in [6.07, 6.45) is 9.58. The maximum Gasteiger partial charge on any atom is 0.0110 e. The molecular formula is C26H36S. The Labute approximate surface area is 171 Å². The van der Waals surface area contributed by atoms with Gasteiger partial charge in [0.15, 0.2) is 0 Å². The predicted molar refractivity (Wildman–Crippen MR) is 121 cm³/mol. The van der Waals surface area contributed by atoms with Crippen molar-refractivity contribution >= 4 is 11.8 Å². The van der Waals surface area contributed by atoms with Gasteiger partial charge in [0.2, 0.25) is 0 Å². The topological polar surface area (TPSA) is 0 Å². The van der Waals surface area contributed by atoms with Gasteiger partial charge in [-0.05, 0) is 43.4 Å². The van der Waals surface area contributed by atoms with Gasteiger partial charge in [-0.25, -0.2) is 0 Å². The molecule has 2 aromatic carbocycles. The molecule has 0 radical (unpaired) electrons. The summed E-state index contributed by atoms with van der Waals surface area (Å²) in [5.41, 5.74) is 6.08. The lowest BCUT2D eigenvalue weighted by atomic mass is 9.67. The highest BCUT2D eigenvalue weighted by Gasteiger charge is 2.40. The van der Waals surface area contributed by atoms with Crippen molar-refractivity contribution in [3.8, 4) is 0 Å². The molecule has 2 unspecified atom stereocenters. The fourth-order valence-electron chi connectivity index (χ4n) is 4.55. The Morgan fingerprint density at radius 1 is 0.889 bits per heavy atom. The molecule has 146 valence electrons. The van der Waals surface area contributed by atoms with Crippen LogP contribution in [0.3, 0.4) is 0 Å². The van der Waals surface area contributed by atoms with Crippen LogP contribution < -0.4 is 0 Å². The SMILES string of the molecule is CCCCCCCCC1c2ccc(C)cc2SCC1(C)c1ccc(C)cc1. The Morgan fingerprint density at radius 3 is 2.30 bits per heavy atom. The van der Waals surface area contributed by atoms with Crippen molar-refractivity contribution in [2.24, 2.45) is 0 Å². The molecule has 1 aliphatic rings. The van der Waals surface area contributed by atoms with E-state index in [1.807, 2.05) is 0 Å². The number of hydrogen-bond donors (Lipinski definition) is 0. The summed E-state index contributed by atoms with van der Waals surface area (Å²) in [6.45, 7) is 9.21. The number of unbranched alkanes of at least 4 members (excludes halogenated alkanes) is 5. The molecule has 2 aromatic rings. The number of benzene rings is 2. The first kappa shape index (κ1) is 20.5. The van der Waals surface area contributed by atoms with Crippen LogP contribution in [0.1, 0.15) is 87.0 Å². The molecule has 1 heteroatoms. The van der Waals surface area contributed by atoms with Gasteiger partial charge < -0.3 is 0 Å². The molecule has 0 amide bonds. The summed E-state index contributed by atoms with van der Waals surface area (Å²) in [5.74, 6) is 1.82. The van der Waals surface area contributed by atoms with Crippen molar-refractivity contribution in [1.29, 1.82) is 0 Å². The van der Waals surface area contributed by atoms with Crippen LogP contribution in [0, 0.1) is 13.8 Å². The molecule has 1 aliphatic heterocycles. The number of fused-ring (bicyclic) bond motifs is 1. The van der Waals surface area contributed by atoms with Crippen LogP contribution in [0.5, 0.6) is 0 Å². The van der Waals surface area contributed by atoms with Crippen LogP contribution in [-0.4, -0.2) is 5.75 Å². The summed E-state index contributed by atoms with van der Waals surface area (Å²) in [6, 6.07) is 16.5. The Hall–Kier alpha value is -1.21. The van der Waals surface area contributed by atoms with Crippen LogP contribution >= 0.6 is 11.8 Å². The van der Waals surface area contributed by atoms with Gasteiger partial charge in [0.25, 0.3) is 0 Å². The first-order valence-corrected chi connectivity index (χ1v) is 11.8. The zero-order valence-electron chi connectivity index (χ0n) is 17.7. The third kappa shape index (κ3) is 4.80. The smallest absolute Gasteiger partial charge is 0.0110 e. The highest BCUT2D eigenvalue weighted by molar-refractivity contribution is 7.99. The van der Waals surface area contributed by atoms with Crippen molar-refractivity contribution < 1.29 is 0 Å². The number of hydrogen-bond acceptors (Lipinski definition) is 1. The van der Waals surface area contributed by atoms with Gasteiger partial charge in [-0.2, -0.15) is 0 Å². The maximum atomic E-state index is 2.51. The molecule has 0 bridgehead atoms. The molecular weight excluding hydrogens is 344 g/mol. The van der Waals surface area contributed by atoms with E-state index in [0.717, 1.165) is 0 Å². The molecule has 3 rings (SSSR count). The minimum Gasteiger partial charge on any atom is -0.125 e. The zero-order valence-corrected chi connectivity index (χ0v) is 18.5. The minimum atomic E-state index is 0.226. The van der Waals surface area contributed by atoms with Crippen LogP contribution in [0.2, 0.25) is 0 Å². The summed E-state index contributed by atoms with van der Waals surface area (Å²) in [5, 5.41) is 0.